The number of carbonyl (C=O) groups is 2. The first-order chi connectivity index (χ1) is 14.9. The number of amides is 2. The summed E-state index contributed by atoms with van der Waals surface area (Å²) < 4.78 is 75.6. The highest BCUT2D eigenvalue weighted by Gasteiger charge is 2.31. The van der Waals surface area contributed by atoms with Gasteiger partial charge in [0.1, 0.15) is 6.33 Å². The van der Waals surface area contributed by atoms with Gasteiger partial charge < -0.3 is 0 Å². The molecule has 0 fully saturated rings. The zero-order chi connectivity index (χ0) is 23.5. The summed E-state index contributed by atoms with van der Waals surface area (Å²) in [6, 6.07) is 6.80. The number of anilines is 2. The van der Waals surface area contributed by atoms with Gasteiger partial charge in [0.2, 0.25) is 11.9 Å². The number of nitrogens with one attached hydrogen (secondary N) is 2. The largest absolute Gasteiger partial charge is 0.416 e. The Morgan fingerprint density at radius 3 is 1.28 bits per heavy atom. The second-order valence-electron chi connectivity index (χ2n) is 6.19. The van der Waals surface area contributed by atoms with E-state index in [2.05, 4.69) is 25.6 Å². The van der Waals surface area contributed by atoms with Crippen LogP contribution in [-0.2, 0) is 12.4 Å². The second kappa shape index (κ2) is 8.61. The monoisotopic (exact) mass is 455 g/mol. The molecular formula is C19H11F6N5O2. The third-order valence-electron chi connectivity index (χ3n) is 3.97. The number of carbonyl (C=O) groups excluding carboxylic acids is 2. The van der Waals surface area contributed by atoms with E-state index in [1.165, 1.54) is 0 Å². The van der Waals surface area contributed by atoms with Gasteiger partial charge in [-0.3, -0.25) is 20.2 Å². The molecule has 2 N–H and O–H groups in total. The van der Waals surface area contributed by atoms with E-state index >= 15 is 0 Å². The minimum absolute atomic E-state index is 0.103. The molecule has 0 saturated carbocycles. The van der Waals surface area contributed by atoms with E-state index in [0.29, 0.717) is 0 Å². The van der Waals surface area contributed by atoms with Gasteiger partial charge in [-0.25, -0.2) is 9.97 Å². The molecule has 1 heterocycles. The van der Waals surface area contributed by atoms with Crippen molar-refractivity contribution in [3.8, 4) is 0 Å². The van der Waals surface area contributed by atoms with Crippen LogP contribution in [0.5, 0.6) is 0 Å². The Morgan fingerprint density at radius 2 is 0.969 bits per heavy atom. The predicted octanol–water partition coefficient (Wildman–Crippen LogP) is 4.41. The van der Waals surface area contributed by atoms with Gasteiger partial charge in [-0.1, -0.05) is 0 Å². The molecule has 7 nitrogen and oxygen atoms in total. The van der Waals surface area contributed by atoms with Crippen LogP contribution in [0.25, 0.3) is 0 Å². The van der Waals surface area contributed by atoms with Crippen LogP contribution >= 0.6 is 0 Å². The van der Waals surface area contributed by atoms with Crippen LogP contribution < -0.4 is 10.6 Å². The zero-order valence-electron chi connectivity index (χ0n) is 15.6. The van der Waals surface area contributed by atoms with Crippen LogP contribution in [0, 0.1) is 0 Å². The molecule has 0 saturated heterocycles. The lowest BCUT2D eigenvalue weighted by molar-refractivity contribution is -0.138. The summed E-state index contributed by atoms with van der Waals surface area (Å²) in [7, 11) is 0. The summed E-state index contributed by atoms with van der Waals surface area (Å²) in [6.45, 7) is 0. The molecule has 0 radical (unpaired) electrons. The fraction of sp³-hybridized carbons (Fsp3) is 0.105. The van der Waals surface area contributed by atoms with Crippen molar-refractivity contribution in [2.24, 2.45) is 0 Å². The van der Waals surface area contributed by atoms with Crippen molar-refractivity contribution in [3.05, 3.63) is 77.1 Å². The summed E-state index contributed by atoms with van der Waals surface area (Å²) in [6.07, 6.45) is -8.16. The number of nitrogens with zero attached hydrogens (tertiary/aromatic N) is 3. The average molecular weight is 455 g/mol. The van der Waals surface area contributed by atoms with E-state index < -0.39 is 35.3 Å². The first kappa shape index (κ1) is 22.7. The third-order valence-corrected chi connectivity index (χ3v) is 3.97. The van der Waals surface area contributed by atoms with Crippen molar-refractivity contribution in [2.75, 3.05) is 10.6 Å². The minimum Gasteiger partial charge on any atom is -0.290 e. The second-order valence-corrected chi connectivity index (χ2v) is 6.19. The van der Waals surface area contributed by atoms with Gasteiger partial charge in [-0.2, -0.15) is 31.3 Å². The predicted molar refractivity (Wildman–Crippen MR) is 98.6 cm³/mol. The smallest absolute Gasteiger partial charge is 0.290 e. The lowest BCUT2D eigenvalue weighted by atomic mass is 10.1. The molecule has 0 aliphatic heterocycles. The van der Waals surface area contributed by atoms with E-state index in [1.54, 1.807) is 0 Å². The van der Waals surface area contributed by atoms with Crippen molar-refractivity contribution in [1.29, 1.82) is 0 Å². The third kappa shape index (κ3) is 5.56. The van der Waals surface area contributed by atoms with E-state index in [-0.39, 0.29) is 23.0 Å². The van der Waals surface area contributed by atoms with Gasteiger partial charge in [-0.05, 0) is 48.5 Å². The fourth-order valence-corrected chi connectivity index (χ4v) is 2.39. The van der Waals surface area contributed by atoms with Gasteiger partial charge in [0.25, 0.3) is 11.8 Å². The Balaban J connectivity index is 1.67. The maximum absolute atomic E-state index is 12.6. The quantitative estimate of drug-likeness (QED) is 0.568. The molecule has 2 aromatic carbocycles. The molecule has 0 spiro atoms. The fourth-order valence-electron chi connectivity index (χ4n) is 2.39. The van der Waals surface area contributed by atoms with Gasteiger partial charge in [-0.15, -0.1) is 0 Å². The molecule has 32 heavy (non-hydrogen) atoms. The van der Waals surface area contributed by atoms with Crippen LogP contribution in [-0.4, -0.2) is 26.8 Å². The number of rotatable bonds is 4. The lowest BCUT2D eigenvalue weighted by Crippen LogP contribution is -2.18. The first-order valence-electron chi connectivity index (χ1n) is 8.60. The van der Waals surface area contributed by atoms with Crippen molar-refractivity contribution in [2.45, 2.75) is 12.4 Å². The van der Waals surface area contributed by atoms with Crippen molar-refractivity contribution >= 4 is 23.7 Å². The molecule has 1 aromatic heterocycles. The van der Waals surface area contributed by atoms with E-state index in [0.717, 1.165) is 54.9 Å². The molecule has 166 valence electrons. The van der Waals surface area contributed by atoms with Crippen molar-refractivity contribution in [1.82, 2.24) is 15.0 Å². The standard InChI is InChI=1S/C19H11F6N5O2/c20-18(21,22)12-5-1-10(2-6-12)14(31)28-16-26-9-27-17(30-16)29-15(32)11-3-7-13(8-4-11)19(23,24)25/h1-9H,(H2,26,27,28,29,30,31,32). The molecule has 13 heteroatoms. The molecule has 3 rings (SSSR count). The van der Waals surface area contributed by atoms with Crippen molar-refractivity contribution in [3.63, 3.8) is 0 Å². The Hall–Kier alpha value is -4.03. The summed E-state index contributed by atoms with van der Waals surface area (Å²) in [5.74, 6) is -2.25. The van der Waals surface area contributed by atoms with Crippen molar-refractivity contribution < 1.29 is 35.9 Å². The lowest BCUT2D eigenvalue weighted by Gasteiger charge is -2.09. The first-order valence-corrected chi connectivity index (χ1v) is 8.60. The molecule has 2 amide bonds. The van der Waals surface area contributed by atoms with Crippen LogP contribution in [0.4, 0.5) is 38.2 Å². The SMILES string of the molecule is O=C(Nc1ncnc(NC(=O)c2ccc(C(F)(F)F)cc2)n1)c1ccc(C(F)(F)F)cc1. The highest BCUT2D eigenvalue weighted by molar-refractivity contribution is 6.04. The number of aromatic nitrogens is 3. The molecule has 0 atom stereocenters. The van der Waals surface area contributed by atoms with Crippen LogP contribution in [0.15, 0.2) is 54.9 Å². The number of hydrogen-bond donors (Lipinski definition) is 2. The van der Waals surface area contributed by atoms with E-state index in [9.17, 15) is 35.9 Å². The minimum atomic E-state index is -4.55. The van der Waals surface area contributed by atoms with Crippen LogP contribution in [0.3, 0.4) is 0 Å². The Morgan fingerprint density at radius 1 is 0.625 bits per heavy atom. The number of benzene rings is 2. The van der Waals surface area contributed by atoms with Gasteiger partial charge >= 0.3 is 12.4 Å². The molecule has 0 aliphatic rings. The normalized spacial score (nSPS) is 11.7. The Labute approximate surface area is 175 Å². The maximum Gasteiger partial charge on any atom is 0.416 e. The Bertz CT molecular complexity index is 1040. The maximum atomic E-state index is 12.6. The average Bonchev–Trinajstić information content (AvgIpc) is 2.73. The van der Waals surface area contributed by atoms with Crippen LogP contribution in [0.2, 0.25) is 0 Å². The molecular weight excluding hydrogens is 444 g/mol. The molecule has 3 aromatic rings. The Kier molecular flexibility index (Phi) is 6.09. The summed E-state index contributed by atoms with van der Waals surface area (Å²) in [5, 5.41) is 4.47. The number of alkyl halides is 6. The van der Waals surface area contributed by atoms with E-state index in [4.69, 9.17) is 0 Å². The van der Waals surface area contributed by atoms with Gasteiger partial charge in [0.15, 0.2) is 0 Å². The van der Waals surface area contributed by atoms with Crippen LogP contribution in [0.1, 0.15) is 31.8 Å². The summed E-state index contributed by atoms with van der Waals surface area (Å²) >= 11 is 0. The summed E-state index contributed by atoms with van der Waals surface area (Å²) in [4.78, 5) is 35.5. The number of halogens is 6. The topological polar surface area (TPSA) is 96.9 Å². The molecule has 0 bridgehead atoms. The van der Waals surface area contributed by atoms with Gasteiger partial charge in [0.05, 0.1) is 11.1 Å². The van der Waals surface area contributed by atoms with Gasteiger partial charge in [0, 0.05) is 11.1 Å². The molecule has 0 unspecified atom stereocenters. The zero-order valence-corrected chi connectivity index (χ0v) is 15.6. The molecule has 0 aliphatic carbocycles. The highest BCUT2D eigenvalue weighted by Crippen LogP contribution is 2.30. The highest BCUT2D eigenvalue weighted by atomic mass is 19.4. The number of hydrogen-bond acceptors (Lipinski definition) is 5. The summed E-state index contributed by atoms with van der Waals surface area (Å²) in [5.41, 5.74) is -2.06. The van der Waals surface area contributed by atoms with E-state index in [1.807, 2.05) is 0 Å².